The van der Waals surface area contributed by atoms with Crippen LogP contribution in [-0.2, 0) is 32.0 Å². The first-order valence-electron chi connectivity index (χ1n) is 15.4. The molecule has 9 nitrogen and oxygen atoms in total. The molecule has 0 spiro atoms. The molecule has 0 radical (unpaired) electrons. The summed E-state index contributed by atoms with van der Waals surface area (Å²) < 4.78 is 13.6. The quantitative estimate of drug-likeness (QED) is 0.340. The minimum absolute atomic E-state index is 0.137. The van der Waals surface area contributed by atoms with Gasteiger partial charge in [0, 0.05) is 18.4 Å². The Labute approximate surface area is 263 Å². The highest BCUT2D eigenvalue weighted by Gasteiger charge is 2.59. The van der Waals surface area contributed by atoms with Crippen LogP contribution in [0.2, 0.25) is 0 Å². The maximum atomic E-state index is 14.2. The Balaban J connectivity index is 1.53. The Morgan fingerprint density at radius 1 is 1.02 bits per heavy atom. The number of nitrogens with one attached hydrogen (secondary N) is 2. The van der Waals surface area contributed by atoms with E-state index in [9.17, 15) is 23.6 Å². The van der Waals surface area contributed by atoms with Gasteiger partial charge in [-0.05, 0) is 54.4 Å². The number of benzene rings is 3. The highest BCUT2D eigenvalue weighted by molar-refractivity contribution is 5.93. The molecule has 2 aliphatic rings. The van der Waals surface area contributed by atoms with E-state index in [1.54, 1.807) is 40.8 Å². The number of nitrogens with zero attached hydrogens (tertiary/aromatic N) is 3. The Morgan fingerprint density at radius 2 is 1.69 bits per heavy atom. The van der Waals surface area contributed by atoms with Gasteiger partial charge in [0.1, 0.15) is 18.0 Å². The molecule has 3 amide bonds. The zero-order valence-electron chi connectivity index (χ0n) is 26.5. The number of aldehydes is 1. The Morgan fingerprint density at radius 3 is 2.33 bits per heavy atom. The standard InChI is InChI=1S/C35H42FN5O4/c1-23(37-5)32(44)38-35(22-42,34(2,3)4)40-21-31(43)41-29(19-25-10-13-26-8-6-7-9-27(26)18-25)33(45)39(20-30(40)41)17-16-24-11-14-28(36)15-12-24/h6-15,18,22-23,29-30,37H,16-17,19-21H2,1-5H3,(H,38,44)/t23?,29-,30+,35?/m0/s1. The Hall–Kier alpha value is -4.15. The maximum Gasteiger partial charge on any atom is 0.245 e. The van der Waals surface area contributed by atoms with E-state index in [2.05, 4.69) is 10.6 Å². The monoisotopic (exact) mass is 615 g/mol. The second-order valence-corrected chi connectivity index (χ2v) is 13.1. The van der Waals surface area contributed by atoms with Gasteiger partial charge < -0.3 is 20.4 Å². The molecule has 0 aliphatic carbocycles. The maximum absolute atomic E-state index is 14.2. The molecule has 5 rings (SSSR count). The van der Waals surface area contributed by atoms with Crippen molar-refractivity contribution in [2.75, 3.05) is 26.7 Å². The fraction of sp³-hybridized carbons (Fsp3) is 0.429. The number of carbonyl (C=O) groups excluding carboxylic acids is 4. The molecule has 2 aliphatic heterocycles. The van der Waals surface area contributed by atoms with E-state index in [4.69, 9.17) is 0 Å². The fourth-order valence-corrected chi connectivity index (χ4v) is 6.48. The molecule has 10 heteroatoms. The van der Waals surface area contributed by atoms with E-state index in [-0.39, 0.29) is 36.6 Å². The summed E-state index contributed by atoms with van der Waals surface area (Å²) in [6.07, 6.45) is 0.842. The number of hydrogen-bond acceptors (Lipinski definition) is 6. The van der Waals surface area contributed by atoms with Crippen molar-refractivity contribution in [3.63, 3.8) is 0 Å². The van der Waals surface area contributed by atoms with Crippen molar-refractivity contribution in [2.45, 2.75) is 64.4 Å². The number of fused-ring (bicyclic) bond motifs is 2. The third-order valence-electron chi connectivity index (χ3n) is 9.32. The largest absolute Gasteiger partial charge is 0.337 e. The van der Waals surface area contributed by atoms with Gasteiger partial charge in [-0.15, -0.1) is 0 Å². The van der Waals surface area contributed by atoms with E-state index in [1.165, 1.54) is 12.1 Å². The lowest BCUT2D eigenvalue weighted by Gasteiger charge is -2.52. The van der Waals surface area contributed by atoms with Crippen LogP contribution in [0.15, 0.2) is 66.7 Å². The van der Waals surface area contributed by atoms with Crippen LogP contribution in [-0.4, -0.2) is 89.3 Å². The van der Waals surface area contributed by atoms with Crippen molar-refractivity contribution >= 4 is 34.8 Å². The third-order valence-corrected chi connectivity index (χ3v) is 9.32. The predicted octanol–water partition coefficient (Wildman–Crippen LogP) is 3.11. The van der Waals surface area contributed by atoms with Crippen molar-refractivity contribution in [1.29, 1.82) is 0 Å². The molecule has 3 aromatic rings. The fourth-order valence-electron chi connectivity index (χ4n) is 6.48. The molecule has 4 atom stereocenters. The van der Waals surface area contributed by atoms with E-state index >= 15 is 0 Å². The van der Waals surface area contributed by atoms with Crippen molar-refractivity contribution in [3.8, 4) is 0 Å². The summed E-state index contributed by atoms with van der Waals surface area (Å²) in [6, 6.07) is 18.8. The highest BCUT2D eigenvalue weighted by atomic mass is 19.1. The van der Waals surface area contributed by atoms with Crippen LogP contribution in [0.5, 0.6) is 0 Å². The molecule has 2 saturated heterocycles. The van der Waals surface area contributed by atoms with Gasteiger partial charge in [0.2, 0.25) is 17.7 Å². The summed E-state index contributed by atoms with van der Waals surface area (Å²) in [6.45, 7) is 7.62. The Bertz CT molecular complexity index is 1590. The number of amides is 3. The second kappa shape index (κ2) is 12.7. The molecule has 45 heavy (non-hydrogen) atoms. The van der Waals surface area contributed by atoms with Crippen molar-refractivity contribution in [1.82, 2.24) is 25.3 Å². The molecular formula is C35H42FN5O4. The Kier molecular flexibility index (Phi) is 9.09. The normalized spacial score (nSPS) is 21.0. The number of halogens is 1. The summed E-state index contributed by atoms with van der Waals surface area (Å²) in [5.41, 5.74) is -0.572. The summed E-state index contributed by atoms with van der Waals surface area (Å²) in [7, 11) is 1.66. The number of likely N-dealkylation sites (N-methyl/N-ethyl adjacent to an activating group) is 1. The van der Waals surface area contributed by atoms with E-state index < -0.39 is 29.3 Å². The molecular weight excluding hydrogens is 573 g/mol. The summed E-state index contributed by atoms with van der Waals surface area (Å²) in [4.78, 5) is 59.6. The number of carbonyl (C=O) groups is 4. The van der Waals surface area contributed by atoms with Crippen LogP contribution < -0.4 is 10.6 Å². The van der Waals surface area contributed by atoms with Crippen LogP contribution in [0.3, 0.4) is 0 Å². The SMILES string of the molecule is CNC(C)C(=O)NC(C=O)(N1CC(=O)N2[C@@H](Cc3ccc4ccccc4c3)C(=O)N(CCc3ccc(F)cc3)C[C@@H]21)C(C)(C)C. The van der Waals surface area contributed by atoms with E-state index in [0.29, 0.717) is 19.4 Å². The average molecular weight is 616 g/mol. The smallest absolute Gasteiger partial charge is 0.245 e. The first-order chi connectivity index (χ1) is 21.4. The van der Waals surface area contributed by atoms with Gasteiger partial charge in [0.15, 0.2) is 11.9 Å². The molecule has 0 aromatic heterocycles. The number of piperazine rings is 1. The van der Waals surface area contributed by atoms with Gasteiger partial charge >= 0.3 is 0 Å². The lowest BCUT2D eigenvalue weighted by Crippen LogP contribution is -2.74. The van der Waals surface area contributed by atoms with E-state index in [0.717, 1.165) is 28.2 Å². The van der Waals surface area contributed by atoms with Crippen LogP contribution in [0.25, 0.3) is 10.8 Å². The van der Waals surface area contributed by atoms with Crippen molar-refractivity contribution < 1.29 is 23.6 Å². The molecule has 0 saturated carbocycles. The summed E-state index contributed by atoms with van der Waals surface area (Å²) in [5.74, 6) is -1.17. The lowest BCUT2D eigenvalue weighted by molar-refractivity contribution is -0.160. The van der Waals surface area contributed by atoms with Gasteiger partial charge in [-0.2, -0.15) is 0 Å². The number of rotatable bonds is 10. The van der Waals surface area contributed by atoms with Crippen LogP contribution >= 0.6 is 0 Å². The van der Waals surface area contributed by atoms with Crippen molar-refractivity contribution in [3.05, 3.63) is 83.7 Å². The first-order valence-corrected chi connectivity index (χ1v) is 15.4. The molecule has 2 unspecified atom stereocenters. The van der Waals surface area contributed by atoms with Gasteiger partial charge in [0.25, 0.3) is 0 Å². The van der Waals surface area contributed by atoms with Crippen LogP contribution in [0.4, 0.5) is 4.39 Å². The topological polar surface area (TPSA) is 102 Å². The second-order valence-electron chi connectivity index (χ2n) is 13.1. The molecule has 2 heterocycles. The minimum Gasteiger partial charge on any atom is -0.337 e. The molecule has 0 bridgehead atoms. The summed E-state index contributed by atoms with van der Waals surface area (Å²) in [5, 5.41) is 8.00. The van der Waals surface area contributed by atoms with Gasteiger partial charge in [0.05, 0.1) is 19.1 Å². The predicted molar refractivity (Wildman–Crippen MR) is 170 cm³/mol. The van der Waals surface area contributed by atoms with Gasteiger partial charge in [-0.1, -0.05) is 75.4 Å². The molecule has 238 valence electrons. The average Bonchev–Trinajstić information content (AvgIpc) is 3.35. The number of hydrogen-bond donors (Lipinski definition) is 2. The van der Waals surface area contributed by atoms with E-state index in [1.807, 2.05) is 63.2 Å². The summed E-state index contributed by atoms with van der Waals surface area (Å²) >= 11 is 0. The highest BCUT2D eigenvalue weighted by Crippen LogP contribution is 2.39. The minimum atomic E-state index is -1.54. The zero-order chi connectivity index (χ0) is 32.5. The lowest BCUT2D eigenvalue weighted by atomic mass is 9.79. The zero-order valence-corrected chi connectivity index (χ0v) is 26.5. The molecule has 3 aromatic carbocycles. The van der Waals surface area contributed by atoms with Crippen molar-refractivity contribution in [2.24, 2.45) is 5.41 Å². The third kappa shape index (κ3) is 6.21. The van der Waals surface area contributed by atoms with Crippen LogP contribution in [0.1, 0.15) is 38.8 Å². The van der Waals surface area contributed by atoms with Gasteiger partial charge in [-0.3, -0.25) is 19.2 Å². The van der Waals surface area contributed by atoms with Gasteiger partial charge in [-0.25, -0.2) is 9.29 Å². The molecule has 2 N–H and O–H groups in total. The first kappa shape index (κ1) is 32.2. The van der Waals surface area contributed by atoms with Crippen LogP contribution in [0, 0.1) is 11.2 Å². The molecule has 2 fully saturated rings.